The topological polar surface area (TPSA) is 72.9 Å². The molecule has 0 radical (unpaired) electrons. The molecule has 3 N–H and O–H groups in total. The van der Waals surface area contributed by atoms with E-state index in [1.54, 1.807) is 0 Å². The van der Waals surface area contributed by atoms with Crippen LogP contribution in [0.3, 0.4) is 0 Å². The number of thiophene rings is 1. The lowest BCUT2D eigenvalue weighted by Crippen LogP contribution is -2.51. The van der Waals surface area contributed by atoms with Gasteiger partial charge in [-0.25, -0.2) is 4.68 Å². The number of aryl methyl sites for hydroxylation is 1. The molecular formula is C19H22N4OS. The van der Waals surface area contributed by atoms with Crippen LogP contribution in [-0.4, -0.2) is 27.8 Å². The fourth-order valence-electron chi connectivity index (χ4n) is 3.64. The van der Waals surface area contributed by atoms with Crippen molar-refractivity contribution in [1.29, 1.82) is 0 Å². The highest BCUT2D eigenvalue weighted by molar-refractivity contribution is 7.20. The van der Waals surface area contributed by atoms with Crippen LogP contribution < -0.4 is 11.1 Å². The van der Waals surface area contributed by atoms with Crippen LogP contribution in [0.4, 0.5) is 0 Å². The minimum Gasteiger partial charge on any atom is -0.345 e. The maximum Gasteiger partial charge on any atom is 0.261 e. The molecule has 1 amide bonds. The third kappa shape index (κ3) is 2.85. The average Bonchev–Trinajstić information content (AvgIpc) is 3.33. The van der Waals surface area contributed by atoms with Crippen LogP contribution in [0, 0.1) is 6.92 Å². The molecule has 6 heteroatoms. The maximum absolute atomic E-state index is 12.8. The van der Waals surface area contributed by atoms with Crippen molar-refractivity contribution in [2.75, 3.05) is 6.54 Å². The molecule has 1 aliphatic rings. The first-order chi connectivity index (χ1) is 12.1. The Labute approximate surface area is 150 Å². The number of rotatable bonds is 4. The zero-order chi connectivity index (χ0) is 17.4. The lowest BCUT2D eigenvalue weighted by Gasteiger charge is -2.28. The Balaban J connectivity index is 1.69. The summed E-state index contributed by atoms with van der Waals surface area (Å²) in [6.45, 7) is 2.48. The molecular weight excluding hydrogens is 332 g/mol. The largest absolute Gasteiger partial charge is 0.345 e. The van der Waals surface area contributed by atoms with E-state index in [0.29, 0.717) is 6.54 Å². The van der Waals surface area contributed by atoms with Crippen molar-refractivity contribution in [2.45, 2.75) is 38.1 Å². The van der Waals surface area contributed by atoms with Crippen LogP contribution in [0.1, 0.15) is 41.0 Å². The minimum atomic E-state index is -0.228. The van der Waals surface area contributed by atoms with Crippen molar-refractivity contribution in [1.82, 2.24) is 15.1 Å². The summed E-state index contributed by atoms with van der Waals surface area (Å²) < 4.78 is 1.92. The fraction of sp³-hybridized carbons (Fsp3) is 0.368. The lowest BCUT2D eigenvalue weighted by molar-refractivity contribution is 0.0907. The second-order valence-electron chi connectivity index (χ2n) is 6.81. The van der Waals surface area contributed by atoms with Crippen molar-refractivity contribution in [2.24, 2.45) is 5.73 Å². The summed E-state index contributed by atoms with van der Waals surface area (Å²) in [7, 11) is 0. The van der Waals surface area contributed by atoms with Crippen LogP contribution in [0.15, 0.2) is 36.4 Å². The smallest absolute Gasteiger partial charge is 0.261 e. The van der Waals surface area contributed by atoms with Gasteiger partial charge in [-0.05, 0) is 38.0 Å². The maximum atomic E-state index is 12.8. The first kappa shape index (κ1) is 16.3. The number of benzene rings is 1. The molecule has 0 bridgehead atoms. The van der Waals surface area contributed by atoms with Gasteiger partial charge in [-0.2, -0.15) is 5.10 Å². The van der Waals surface area contributed by atoms with E-state index >= 15 is 0 Å². The molecule has 2 heterocycles. The summed E-state index contributed by atoms with van der Waals surface area (Å²) in [6, 6.07) is 12.0. The summed E-state index contributed by atoms with van der Waals surface area (Å²) in [5, 5.41) is 8.87. The van der Waals surface area contributed by atoms with Gasteiger partial charge in [0.2, 0.25) is 0 Å². The van der Waals surface area contributed by atoms with E-state index in [4.69, 9.17) is 5.73 Å². The van der Waals surface area contributed by atoms with Gasteiger partial charge in [0.15, 0.2) is 0 Å². The number of carbonyl (C=O) groups is 1. The number of fused-ring (bicyclic) bond motifs is 1. The molecule has 0 saturated heterocycles. The average molecular weight is 354 g/mol. The van der Waals surface area contributed by atoms with E-state index in [2.05, 4.69) is 10.4 Å². The molecule has 1 fully saturated rings. The fourth-order valence-corrected chi connectivity index (χ4v) is 4.72. The SMILES string of the molecule is Cc1nn(-c2ccccc2)c2sc(C(=O)NC3(CN)CCCC3)cc12. The Bertz CT molecular complexity index is 906. The van der Waals surface area contributed by atoms with Gasteiger partial charge in [-0.1, -0.05) is 31.0 Å². The lowest BCUT2D eigenvalue weighted by atomic mass is 9.98. The summed E-state index contributed by atoms with van der Waals surface area (Å²) in [6.07, 6.45) is 4.20. The molecule has 3 aromatic rings. The molecule has 2 aromatic heterocycles. The Morgan fingerprint density at radius 3 is 2.72 bits per heavy atom. The Morgan fingerprint density at radius 1 is 1.32 bits per heavy atom. The molecule has 1 aliphatic carbocycles. The zero-order valence-corrected chi connectivity index (χ0v) is 15.1. The van der Waals surface area contributed by atoms with Crippen molar-refractivity contribution in [3.05, 3.63) is 47.0 Å². The summed E-state index contributed by atoms with van der Waals surface area (Å²) in [5.74, 6) is -0.0208. The second-order valence-corrected chi connectivity index (χ2v) is 7.84. The van der Waals surface area contributed by atoms with Crippen molar-refractivity contribution < 1.29 is 4.79 Å². The zero-order valence-electron chi connectivity index (χ0n) is 14.3. The van der Waals surface area contributed by atoms with Gasteiger partial charge >= 0.3 is 0 Å². The number of hydrogen-bond donors (Lipinski definition) is 2. The highest BCUT2D eigenvalue weighted by atomic mass is 32.1. The highest BCUT2D eigenvalue weighted by Crippen LogP contribution is 2.32. The molecule has 0 aliphatic heterocycles. The van der Waals surface area contributed by atoms with Gasteiger partial charge in [0.1, 0.15) is 4.83 Å². The van der Waals surface area contributed by atoms with Crippen LogP contribution in [-0.2, 0) is 0 Å². The predicted octanol–water partition coefficient (Wildman–Crippen LogP) is 3.40. The predicted molar refractivity (Wildman–Crippen MR) is 101 cm³/mol. The third-order valence-corrected chi connectivity index (χ3v) is 6.21. The highest BCUT2D eigenvalue weighted by Gasteiger charge is 2.34. The number of aromatic nitrogens is 2. The Morgan fingerprint density at radius 2 is 2.04 bits per heavy atom. The van der Waals surface area contributed by atoms with Gasteiger partial charge in [0, 0.05) is 11.9 Å². The van der Waals surface area contributed by atoms with Crippen molar-refractivity contribution >= 4 is 27.5 Å². The summed E-state index contributed by atoms with van der Waals surface area (Å²) >= 11 is 1.49. The summed E-state index contributed by atoms with van der Waals surface area (Å²) in [4.78, 5) is 14.5. The molecule has 5 nitrogen and oxygen atoms in total. The molecule has 0 spiro atoms. The van der Waals surface area contributed by atoms with E-state index in [1.807, 2.05) is 48.0 Å². The number of amides is 1. The molecule has 130 valence electrons. The van der Waals surface area contributed by atoms with Gasteiger partial charge in [0.25, 0.3) is 5.91 Å². The number of para-hydroxylation sites is 1. The number of hydrogen-bond acceptors (Lipinski definition) is 4. The molecule has 25 heavy (non-hydrogen) atoms. The van der Waals surface area contributed by atoms with E-state index in [0.717, 1.165) is 52.2 Å². The Hall–Kier alpha value is -2.18. The van der Waals surface area contributed by atoms with Crippen LogP contribution in [0.2, 0.25) is 0 Å². The van der Waals surface area contributed by atoms with Gasteiger partial charge in [-0.3, -0.25) is 4.79 Å². The van der Waals surface area contributed by atoms with E-state index in [9.17, 15) is 4.79 Å². The Kier molecular flexibility index (Phi) is 4.09. The van der Waals surface area contributed by atoms with Gasteiger partial charge < -0.3 is 11.1 Å². The second kappa shape index (κ2) is 6.28. The number of nitrogens with two attached hydrogens (primary N) is 1. The van der Waals surface area contributed by atoms with E-state index in [-0.39, 0.29) is 11.4 Å². The number of nitrogens with zero attached hydrogens (tertiary/aromatic N) is 2. The van der Waals surface area contributed by atoms with Gasteiger partial charge in [-0.15, -0.1) is 11.3 Å². The van der Waals surface area contributed by atoms with E-state index in [1.165, 1.54) is 11.3 Å². The number of nitrogens with one attached hydrogen (secondary N) is 1. The summed E-state index contributed by atoms with van der Waals surface area (Å²) in [5.41, 5.74) is 7.66. The first-order valence-corrected chi connectivity index (χ1v) is 9.51. The van der Waals surface area contributed by atoms with Crippen molar-refractivity contribution in [3.8, 4) is 5.69 Å². The van der Waals surface area contributed by atoms with Crippen LogP contribution in [0.5, 0.6) is 0 Å². The molecule has 4 rings (SSSR count). The number of carbonyl (C=O) groups excluding carboxylic acids is 1. The minimum absolute atomic E-state index is 0.0208. The molecule has 0 unspecified atom stereocenters. The normalized spacial score (nSPS) is 16.4. The van der Waals surface area contributed by atoms with Gasteiger partial charge in [0.05, 0.1) is 21.8 Å². The van der Waals surface area contributed by atoms with Crippen molar-refractivity contribution in [3.63, 3.8) is 0 Å². The molecule has 1 aromatic carbocycles. The third-order valence-electron chi connectivity index (χ3n) is 5.10. The van der Waals surface area contributed by atoms with Crippen LogP contribution in [0.25, 0.3) is 15.9 Å². The monoisotopic (exact) mass is 354 g/mol. The van der Waals surface area contributed by atoms with E-state index < -0.39 is 0 Å². The molecule has 1 saturated carbocycles. The standard InChI is InChI=1S/C19H22N4OS/c1-13-15-11-16(17(24)21-19(12-20)9-5-6-10-19)25-18(15)23(22-13)14-7-3-2-4-8-14/h2-4,7-8,11H,5-6,9-10,12,20H2,1H3,(H,21,24). The van der Waals surface area contributed by atoms with Crippen LogP contribution >= 0.6 is 11.3 Å². The first-order valence-electron chi connectivity index (χ1n) is 8.69. The quantitative estimate of drug-likeness (QED) is 0.754. The molecule has 0 atom stereocenters.